The zero-order valence-corrected chi connectivity index (χ0v) is 46.1. The van der Waals surface area contributed by atoms with E-state index in [0.29, 0.717) is 19.3 Å². The monoisotopic (exact) mass is 967 g/mol. The molecule has 0 aliphatic carbocycles. The van der Waals surface area contributed by atoms with Gasteiger partial charge in [0.15, 0.2) is 6.10 Å². The number of rotatable bonds is 55. The molecule has 0 saturated carbocycles. The maximum absolute atomic E-state index is 12.8. The van der Waals surface area contributed by atoms with Gasteiger partial charge in [0.05, 0.1) is 0 Å². The van der Waals surface area contributed by atoms with Crippen LogP contribution in [0.4, 0.5) is 0 Å². The molecule has 0 N–H and O–H groups in total. The number of hydrogen-bond acceptors (Lipinski definition) is 6. The smallest absolute Gasteiger partial charge is 0.306 e. The Kier molecular flexibility index (Phi) is 55.7. The first-order valence-corrected chi connectivity index (χ1v) is 30.1. The second-order valence-corrected chi connectivity index (χ2v) is 20.2. The molecule has 1 atom stereocenters. The van der Waals surface area contributed by atoms with Crippen LogP contribution >= 0.6 is 0 Å². The normalized spacial score (nSPS) is 12.3. The third kappa shape index (κ3) is 56.2. The van der Waals surface area contributed by atoms with E-state index in [1.54, 1.807) is 0 Å². The highest BCUT2D eigenvalue weighted by Gasteiger charge is 2.19. The van der Waals surface area contributed by atoms with E-state index in [1.807, 2.05) is 0 Å². The van der Waals surface area contributed by atoms with E-state index in [-0.39, 0.29) is 31.1 Å². The fourth-order valence-corrected chi connectivity index (χ4v) is 8.71. The van der Waals surface area contributed by atoms with Crippen LogP contribution in [0.15, 0.2) is 48.6 Å². The summed E-state index contributed by atoms with van der Waals surface area (Å²) in [5.74, 6) is -0.884. The molecule has 0 aliphatic heterocycles. The van der Waals surface area contributed by atoms with Gasteiger partial charge in [-0.2, -0.15) is 0 Å². The summed E-state index contributed by atoms with van der Waals surface area (Å²) in [7, 11) is 0. The molecule has 0 heterocycles. The number of allylic oxidation sites excluding steroid dienone is 8. The highest BCUT2D eigenvalue weighted by atomic mass is 16.6. The molecule has 0 fully saturated rings. The van der Waals surface area contributed by atoms with Crippen LogP contribution < -0.4 is 0 Å². The summed E-state index contributed by atoms with van der Waals surface area (Å²) in [6.45, 7) is 6.57. The minimum absolute atomic E-state index is 0.0769. The molecular formula is C63H114O6. The molecule has 6 heteroatoms. The Labute approximate surface area is 428 Å². The fraction of sp³-hybridized carbons (Fsp3) is 0.825. The van der Waals surface area contributed by atoms with E-state index < -0.39 is 6.10 Å². The summed E-state index contributed by atoms with van der Waals surface area (Å²) in [6, 6.07) is 0. The summed E-state index contributed by atoms with van der Waals surface area (Å²) < 4.78 is 16.8. The van der Waals surface area contributed by atoms with Crippen LogP contribution in [0, 0.1) is 0 Å². The minimum Gasteiger partial charge on any atom is -0.462 e. The van der Waals surface area contributed by atoms with Crippen molar-refractivity contribution in [3.05, 3.63) is 48.6 Å². The van der Waals surface area contributed by atoms with E-state index in [0.717, 1.165) is 83.5 Å². The highest BCUT2D eigenvalue weighted by molar-refractivity contribution is 5.71. The molecule has 0 rings (SSSR count). The van der Waals surface area contributed by atoms with Gasteiger partial charge in [0.25, 0.3) is 0 Å². The zero-order valence-electron chi connectivity index (χ0n) is 46.1. The molecular weight excluding hydrogens is 853 g/mol. The van der Waals surface area contributed by atoms with Gasteiger partial charge in [-0.1, -0.05) is 249 Å². The average Bonchev–Trinajstić information content (AvgIpc) is 3.35. The number of ether oxygens (including phenoxy) is 3. The maximum atomic E-state index is 12.8. The molecule has 1 unspecified atom stereocenters. The first kappa shape index (κ1) is 66.4. The van der Waals surface area contributed by atoms with E-state index >= 15 is 0 Å². The van der Waals surface area contributed by atoms with Crippen molar-refractivity contribution >= 4 is 17.9 Å². The summed E-state index contributed by atoms with van der Waals surface area (Å²) in [6.07, 6.45) is 71.3. The summed E-state index contributed by atoms with van der Waals surface area (Å²) in [4.78, 5) is 38.1. The largest absolute Gasteiger partial charge is 0.462 e. The molecule has 0 radical (unpaired) electrons. The Balaban J connectivity index is 4.15. The molecule has 0 bridgehead atoms. The number of esters is 3. The van der Waals surface area contributed by atoms with Crippen molar-refractivity contribution in [3.8, 4) is 0 Å². The van der Waals surface area contributed by atoms with Gasteiger partial charge in [-0.25, -0.2) is 0 Å². The third-order valence-corrected chi connectivity index (χ3v) is 13.3. The molecule has 69 heavy (non-hydrogen) atoms. The standard InChI is InChI=1S/C63H114O6/c1-4-7-10-13-16-19-22-24-26-27-28-29-30-31-32-33-34-35-36-37-38-40-41-44-47-50-53-56-62(65)68-59-60(58-67-61(64)55-52-49-46-43-21-18-15-12-9-6-3)69-63(66)57-54-51-48-45-42-39-25-23-20-17-14-11-8-5-2/h12,15,22-25,27-28,60H,4-11,13-14,16-21,26,29-59H2,1-3H3/b15-12-,24-22-,25-23-,28-27-. The topological polar surface area (TPSA) is 78.9 Å². The van der Waals surface area contributed by atoms with Gasteiger partial charge in [-0.15, -0.1) is 0 Å². The Bertz CT molecular complexity index is 1200. The van der Waals surface area contributed by atoms with Gasteiger partial charge in [0.1, 0.15) is 13.2 Å². The van der Waals surface area contributed by atoms with Gasteiger partial charge in [-0.3, -0.25) is 14.4 Å². The summed E-state index contributed by atoms with van der Waals surface area (Å²) in [5, 5.41) is 0. The van der Waals surface area contributed by atoms with Crippen LogP contribution in [-0.4, -0.2) is 37.2 Å². The molecule has 0 amide bonds. The zero-order chi connectivity index (χ0) is 50.0. The molecule has 0 spiro atoms. The van der Waals surface area contributed by atoms with Crippen LogP contribution in [0.5, 0.6) is 0 Å². The fourth-order valence-electron chi connectivity index (χ4n) is 8.71. The third-order valence-electron chi connectivity index (χ3n) is 13.3. The lowest BCUT2D eigenvalue weighted by molar-refractivity contribution is -0.167. The van der Waals surface area contributed by atoms with Crippen molar-refractivity contribution in [2.45, 2.75) is 322 Å². The summed E-state index contributed by atoms with van der Waals surface area (Å²) in [5.41, 5.74) is 0. The van der Waals surface area contributed by atoms with Crippen LogP contribution in [-0.2, 0) is 28.6 Å². The van der Waals surface area contributed by atoms with E-state index in [2.05, 4.69) is 69.4 Å². The van der Waals surface area contributed by atoms with E-state index in [4.69, 9.17) is 14.2 Å². The van der Waals surface area contributed by atoms with Crippen LogP contribution in [0.2, 0.25) is 0 Å². The maximum Gasteiger partial charge on any atom is 0.306 e. The van der Waals surface area contributed by atoms with Gasteiger partial charge >= 0.3 is 17.9 Å². The van der Waals surface area contributed by atoms with Crippen molar-refractivity contribution in [2.75, 3.05) is 13.2 Å². The van der Waals surface area contributed by atoms with Crippen molar-refractivity contribution in [3.63, 3.8) is 0 Å². The van der Waals surface area contributed by atoms with E-state index in [9.17, 15) is 14.4 Å². The van der Waals surface area contributed by atoms with E-state index in [1.165, 1.54) is 193 Å². The minimum atomic E-state index is -0.778. The van der Waals surface area contributed by atoms with Gasteiger partial charge in [0, 0.05) is 19.3 Å². The Morgan fingerprint density at radius 1 is 0.290 bits per heavy atom. The molecule has 0 aromatic carbocycles. The second kappa shape index (κ2) is 57.9. The van der Waals surface area contributed by atoms with Crippen molar-refractivity contribution < 1.29 is 28.6 Å². The van der Waals surface area contributed by atoms with Gasteiger partial charge < -0.3 is 14.2 Å². The highest BCUT2D eigenvalue weighted by Crippen LogP contribution is 2.16. The second-order valence-electron chi connectivity index (χ2n) is 20.2. The first-order chi connectivity index (χ1) is 34.0. The Morgan fingerprint density at radius 2 is 0.551 bits per heavy atom. The Hall–Kier alpha value is -2.63. The number of carbonyl (C=O) groups excluding carboxylic acids is 3. The average molecular weight is 968 g/mol. The molecule has 0 aromatic rings. The molecule has 0 aromatic heterocycles. The number of carbonyl (C=O) groups is 3. The van der Waals surface area contributed by atoms with Gasteiger partial charge in [-0.05, 0) is 96.3 Å². The number of unbranched alkanes of at least 4 members (excludes halogenated alkanes) is 36. The lowest BCUT2D eigenvalue weighted by Gasteiger charge is -2.18. The predicted octanol–water partition coefficient (Wildman–Crippen LogP) is 20.2. The molecule has 402 valence electrons. The Morgan fingerprint density at radius 3 is 0.870 bits per heavy atom. The first-order valence-electron chi connectivity index (χ1n) is 30.1. The molecule has 6 nitrogen and oxygen atoms in total. The summed E-state index contributed by atoms with van der Waals surface area (Å²) >= 11 is 0. The van der Waals surface area contributed by atoms with Crippen molar-refractivity contribution in [1.82, 2.24) is 0 Å². The van der Waals surface area contributed by atoms with Crippen molar-refractivity contribution in [2.24, 2.45) is 0 Å². The van der Waals surface area contributed by atoms with Crippen molar-refractivity contribution in [1.29, 1.82) is 0 Å². The van der Waals surface area contributed by atoms with Gasteiger partial charge in [0.2, 0.25) is 0 Å². The number of hydrogen-bond donors (Lipinski definition) is 0. The predicted molar refractivity (Wildman–Crippen MR) is 298 cm³/mol. The van der Waals surface area contributed by atoms with Crippen LogP contribution in [0.25, 0.3) is 0 Å². The van der Waals surface area contributed by atoms with Crippen LogP contribution in [0.1, 0.15) is 316 Å². The lowest BCUT2D eigenvalue weighted by Crippen LogP contribution is -2.30. The SMILES string of the molecule is CCC/C=C\CCCCCCCC(=O)OCC(COC(=O)CCCCCCCCCCCCCCCCC/C=C\C/C=C\CCCCCCC)OC(=O)CCCCCCC/C=C\CCCCCCC. The molecule has 0 aliphatic rings. The molecule has 0 saturated heterocycles. The quantitative estimate of drug-likeness (QED) is 0.0262. The van der Waals surface area contributed by atoms with Crippen LogP contribution in [0.3, 0.4) is 0 Å². The lowest BCUT2D eigenvalue weighted by atomic mass is 10.0.